The third kappa shape index (κ3) is 4.08. The quantitative estimate of drug-likeness (QED) is 0.834. The van der Waals surface area contributed by atoms with Crippen LogP contribution >= 0.6 is 23.1 Å². The maximum Gasteiger partial charge on any atom is 0.308 e. The lowest BCUT2D eigenvalue weighted by molar-refractivity contribution is -0.136. The highest BCUT2D eigenvalue weighted by Gasteiger charge is 2.12. The van der Waals surface area contributed by atoms with Gasteiger partial charge in [0.2, 0.25) is 0 Å². The van der Waals surface area contributed by atoms with E-state index in [0.717, 1.165) is 20.7 Å². The van der Waals surface area contributed by atoms with Crippen LogP contribution in [0.15, 0.2) is 16.5 Å². The fraction of sp³-hybridized carbons (Fsp3) is 0.375. The first-order valence-corrected chi connectivity index (χ1v) is 8.54. The summed E-state index contributed by atoms with van der Waals surface area (Å²) >= 11 is 3.18. The Kier molecular flexibility index (Phi) is 5.06. The Morgan fingerprint density at radius 2 is 1.86 bits per heavy atom. The molecule has 1 N–H and O–H groups in total. The minimum absolute atomic E-state index is 0.0622. The molecule has 2 rings (SSSR count). The SMILES string of the molecule is Cc1cc(C)c(CSc2nc(C)c(CC(=O)O)s2)c(C)c1. The van der Waals surface area contributed by atoms with E-state index in [9.17, 15) is 4.79 Å². The van der Waals surface area contributed by atoms with E-state index in [0.29, 0.717) is 0 Å². The van der Waals surface area contributed by atoms with Gasteiger partial charge in [0.1, 0.15) is 0 Å². The molecular weight excluding hydrogens is 302 g/mol. The number of thiazole rings is 1. The number of hydrogen-bond acceptors (Lipinski definition) is 4. The van der Waals surface area contributed by atoms with E-state index >= 15 is 0 Å². The van der Waals surface area contributed by atoms with Gasteiger partial charge in [0.25, 0.3) is 0 Å². The van der Waals surface area contributed by atoms with Gasteiger partial charge in [-0.15, -0.1) is 11.3 Å². The van der Waals surface area contributed by atoms with Gasteiger partial charge in [0.05, 0.1) is 12.1 Å². The Hall–Kier alpha value is -1.33. The van der Waals surface area contributed by atoms with Gasteiger partial charge in [-0.1, -0.05) is 29.5 Å². The Morgan fingerprint density at radius 1 is 1.24 bits per heavy atom. The van der Waals surface area contributed by atoms with Crippen LogP contribution in [0.25, 0.3) is 0 Å². The second-order valence-corrected chi connectivity index (χ2v) is 7.53. The summed E-state index contributed by atoms with van der Waals surface area (Å²) in [7, 11) is 0. The van der Waals surface area contributed by atoms with Crippen molar-refractivity contribution in [3.05, 3.63) is 45.0 Å². The second-order valence-electron chi connectivity index (χ2n) is 5.22. The van der Waals surface area contributed by atoms with Crippen molar-refractivity contribution in [3.63, 3.8) is 0 Å². The lowest BCUT2D eigenvalue weighted by atomic mass is 10.0. The average Bonchev–Trinajstić information content (AvgIpc) is 2.67. The summed E-state index contributed by atoms with van der Waals surface area (Å²) < 4.78 is 0.947. The minimum Gasteiger partial charge on any atom is -0.481 e. The molecule has 0 saturated heterocycles. The predicted molar refractivity (Wildman–Crippen MR) is 88.4 cm³/mol. The van der Waals surface area contributed by atoms with Gasteiger partial charge >= 0.3 is 5.97 Å². The maximum atomic E-state index is 10.8. The van der Waals surface area contributed by atoms with Crippen LogP contribution in [0.4, 0.5) is 0 Å². The summed E-state index contributed by atoms with van der Waals surface area (Å²) in [6, 6.07) is 4.40. The fourth-order valence-electron chi connectivity index (χ4n) is 2.34. The summed E-state index contributed by atoms with van der Waals surface area (Å²) in [6.45, 7) is 8.26. The smallest absolute Gasteiger partial charge is 0.308 e. The van der Waals surface area contributed by atoms with E-state index in [2.05, 4.69) is 37.9 Å². The van der Waals surface area contributed by atoms with Crippen LogP contribution in [0, 0.1) is 27.7 Å². The molecule has 3 nitrogen and oxygen atoms in total. The molecular formula is C16H19NO2S2. The van der Waals surface area contributed by atoms with Gasteiger partial charge in [-0.3, -0.25) is 4.79 Å². The largest absolute Gasteiger partial charge is 0.481 e. The van der Waals surface area contributed by atoms with E-state index in [1.807, 2.05) is 6.92 Å². The Balaban J connectivity index is 2.12. The number of benzene rings is 1. The summed E-state index contributed by atoms with van der Waals surface area (Å²) in [5, 5.41) is 8.88. The molecule has 112 valence electrons. The van der Waals surface area contributed by atoms with Crippen LogP contribution in [0.1, 0.15) is 32.8 Å². The van der Waals surface area contributed by atoms with Gasteiger partial charge in [-0.25, -0.2) is 4.98 Å². The van der Waals surface area contributed by atoms with Crippen LogP contribution in [-0.2, 0) is 17.0 Å². The van der Waals surface area contributed by atoms with Crippen molar-refractivity contribution >= 4 is 29.1 Å². The van der Waals surface area contributed by atoms with Crippen molar-refractivity contribution < 1.29 is 9.90 Å². The van der Waals surface area contributed by atoms with Gasteiger partial charge in [0.15, 0.2) is 4.34 Å². The van der Waals surface area contributed by atoms with Crippen LogP contribution in [-0.4, -0.2) is 16.1 Å². The molecule has 0 amide bonds. The summed E-state index contributed by atoms with van der Waals surface area (Å²) in [6.07, 6.45) is 0.0622. The van der Waals surface area contributed by atoms with Crippen LogP contribution in [0.5, 0.6) is 0 Å². The van der Waals surface area contributed by atoms with E-state index in [1.165, 1.54) is 33.6 Å². The highest BCUT2D eigenvalue weighted by molar-refractivity contribution is 8.00. The molecule has 5 heteroatoms. The van der Waals surface area contributed by atoms with E-state index in [-0.39, 0.29) is 6.42 Å². The van der Waals surface area contributed by atoms with Crippen molar-refractivity contribution in [2.75, 3.05) is 0 Å². The summed E-state index contributed by atoms with van der Waals surface area (Å²) in [4.78, 5) is 16.1. The molecule has 1 aromatic heterocycles. The number of aryl methyl sites for hydroxylation is 4. The predicted octanol–water partition coefficient (Wildman–Crippen LogP) is 4.30. The molecule has 0 aliphatic carbocycles. The normalized spacial score (nSPS) is 10.9. The summed E-state index contributed by atoms with van der Waals surface area (Å²) in [5.41, 5.74) is 6.08. The zero-order valence-corrected chi connectivity index (χ0v) is 14.3. The molecule has 0 unspecified atom stereocenters. The van der Waals surface area contributed by atoms with Gasteiger partial charge in [-0.2, -0.15) is 0 Å². The first-order valence-electron chi connectivity index (χ1n) is 6.74. The molecule has 2 aromatic rings. The molecule has 0 saturated carbocycles. The highest BCUT2D eigenvalue weighted by atomic mass is 32.2. The van der Waals surface area contributed by atoms with Crippen molar-refractivity contribution in [2.45, 2.75) is 44.2 Å². The van der Waals surface area contributed by atoms with Crippen molar-refractivity contribution in [1.82, 2.24) is 4.98 Å². The first-order chi connectivity index (χ1) is 9.86. The van der Waals surface area contributed by atoms with Crippen molar-refractivity contribution in [2.24, 2.45) is 0 Å². The molecule has 0 spiro atoms. The van der Waals surface area contributed by atoms with Crippen LogP contribution in [0.2, 0.25) is 0 Å². The van der Waals surface area contributed by atoms with Crippen molar-refractivity contribution in [1.29, 1.82) is 0 Å². The Morgan fingerprint density at radius 3 is 2.43 bits per heavy atom. The third-order valence-corrected chi connectivity index (χ3v) is 5.69. The zero-order chi connectivity index (χ0) is 15.6. The van der Waals surface area contributed by atoms with Gasteiger partial charge in [-0.05, 0) is 44.4 Å². The maximum absolute atomic E-state index is 10.8. The molecule has 0 fully saturated rings. The zero-order valence-electron chi connectivity index (χ0n) is 12.7. The molecule has 0 radical (unpaired) electrons. The number of thioether (sulfide) groups is 1. The Labute approximate surface area is 133 Å². The monoisotopic (exact) mass is 321 g/mol. The number of hydrogen-bond donors (Lipinski definition) is 1. The lowest BCUT2D eigenvalue weighted by Crippen LogP contribution is -1.99. The van der Waals surface area contributed by atoms with Gasteiger partial charge < -0.3 is 5.11 Å². The number of carbonyl (C=O) groups is 1. The molecule has 0 bridgehead atoms. The van der Waals surface area contributed by atoms with Gasteiger partial charge in [0, 0.05) is 10.6 Å². The molecule has 21 heavy (non-hydrogen) atoms. The first kappa shape index (κ1) is 16.0. The number of aromatic nitrogens is 1. The molecule has 0 aliphatic heterocycles. The number of nitrogens with zero attached hydrogens (tertiary/aromatic N) is 1. The van der Waals surface area contributed by atoms with Crippen molar-refractivity contribution in [3.8, 4) is 0 Å². The summed E-state index contributed by atoms with van der Waals surface area (Å²) in [5.74, 6) is 0.0701. The fourth-order valence-corrected chi connectivity index (χ4v) is 4.76. The minimum atomic E-state index is -0.802. The topological polar surface area (TPSA) is 50.2 Å². The van der Waals surface area contributed by atoms with E-state index < -0.39 is 5.97 Å². The molecule has 0 atom stereocenters. The number of carboxylic acid groups (broad SMARTS) is 1. The molecule has 1 heterocycles. The average molecular weight is 321 g/mol. The second kappa shape index (κ2) is 6.62. The van der Waals surface area contributed by atoms with Crippen LogP contribution in [0.3, 0.4) is 0 Å². The highest BCUT2D eigenvalue weighted by Crippen LogP contribution is 2.31. The number of aliphatic carboxylic acids is 1. The lowest BCUT2D eigenvalue weighted by Gasteiger charge is -2.10. The number of carboxylic acids is 1. The molecule has 1 aromatic carbocycles. The molecule has 0 aliphatic rings. The third-order valence-electron chi connectivity index (χ3n) is 3.37. The van der Waals surface area contributed by atoms with E-state index in [4.69, 9.17) is 5.11 Å². The number of rotatable bonds is 5. The van der Waals surface area contributed by atoms with E-state index in [1.54, 1.807) is 11.8 Å². The standard InChI is InChI=1S/C16H19NO2S2/c1-9-5-10(2)13(11(3)6-9)8-20-16-17-12(4)14(21-16)7-15(18)19/h5-6H,7-8H2,1-4H3,(H,18,19). The van der Waals surface area contributed by atoms with Crippen LogP contribution < -0.4 is 0 Å². The Bertz CT molecular complexity index is 654.